The van der Waals surface area contributed by atoms with Crippen molar-refractivity contribution in [3.05, 3.63) is 111 Å². The van der Waals surface area contributed by atoms with Gasteiger partial charge >= 0.3 is 0 Å². The Morgan fingerprint density at radius 2 is 1.92 bits per heavy atom. The Kier molecular flexibility index (Phi) is 8.14. The molecule has 190 valence electrons. The van der Waals surface area contributed by atoms with E-state index in [4.69, 9.17) is 32.6 Å². The van der Waals surface area contributed by atoms with Crippen molar-refractivity contribution < 1.29 is 9.21 Å². The van der Waals surface area contributed by atoms with Crippen LogP contribution < -0.4 is 5.32 Å². The number of pyridine rings is 2. The molecule has 4 aromatic rings. The largest absolute Gasteiger partial charge is 0.449 e. The molecule has 0 saturated heterocycles. The molecule has 0 spiro atoms. The van der Waals surface area contributed by atoms with Crippen LogP contribution in [0.1, 0.15) is 57.5 Å². The Morgan fingerprint density at radius 1 is 1.08 bits per heavy atom. The van der Waals surface area contributed by atoms with Crippen LogP contribution in [0.4, 0.5) is 0 Å². The number of benzene rings is 1. The minimum Gasteiger partial charge on any atom is -0.449 e. The van der Waals surface area contributed by atoms with Gasteiger partial charge in [-0.1, -0.05) is 53.5 Å². The fourth-order valence-corrected chi connectivity index (χ4v) is 5.41. The van der Waals surface area contributed by atoms with Crippen molar-refractivity contribution in [3.8, 4) is 0 Å². The summed E-state index contributed by atoms with van der Waals surface area (Å²) >= 11 is 12.3. The zero-order valence-corrected chi connectivity index (χ0v) is 21.8. The van der Waals surface area contributed by atoms with Crippen molar-refractivity contribution in [2.75, 3.05) is 6.54 Å². The molecule has 0 fully saturated rings. The number of hydrogen-bond acceptors (Lipinski definition) is 6. The predicted octanol–water partition coefficient (Wildman–Crippen LogP) is 5.82. The molecule has 0 aliphatic heterocycles. The first kappa shape index (κ1) is 25.4. The summed E-state index contributed by atoms with van der Waals surface area (Å²) < 4.78 is 5.50. The van der Waals surface area contributed by atoms with E-state index in [1.807, 2.05) is 24.4 Å². The summed E-state index contributed by atoms with van der Waals surface area (Å²) in [5.41, 5.74) is 4.86. The van der Waals surface area contributed by atoms with Gasteiger partial charge in [0.2, 0.25) is 0 Å². The molecule has 9 heteroatoms. The summed E-state index contributed by atoms with van der Waals surface area (Å²) in [6.07, 6.45) is 12.0. The predicted molar refractivity (Wildman–Crippen MR) is 142 cm³/mol. The van der Waals surface area contributed by atoms with Crippen molar-refractivity contribution >= 4 is 29.1 Å². The van der Waals surface area contributed by atoms with Gasteiger partial charge in [0.05, 0.1) is 33.5 Å². The third-order valence-corrected chi connectivity index (χ3v) is 7.19. The summed E-state index contributed by atoms with van der Waals surface area (Å²) in [5, 5.41) is 3.37. The zero-order chi connectivity index (χ0) is 25.6. The smallest absolute Gasteiger partial charge is 0.254 e. The lowest BCUT2D eigenvalue weighted by atomic mass is 9.90. The van der Waals surface area contributed by atoms with Gasteiger partial charge in [-0.05, 0) is 42.0 Å². The average molecular weight is 536 g/mol. The number of nitrogens with one attached hydrogen (secondary N) is 1. The standard InChI is InChI=1S/C28H27Cl2N5O2/c29-22-16-31-17-23(30)26(22)28(36)34-15-19-4-1-5-20(14-19)18-35(12-9-25-32-11-13-37-25)24-8-2-6-21-7-3-10-33-27(21)24/h1,3-5,7,10-11,13-14,16-17,24H,2,6,8-9,12,15,18H2,(H,34,36). The topological polar surface area (TPSA) is 84.2 Å². The molecule has 3 aromatic heterocycles. The number of aromatic nitrogens is 3. The lowest BCUT2D eigenvalue weighted by molar-refractivity contribution is 0.0951. The van der Waals surface area contributed by atoms with Crippen molar-refractivity contribution in [1.82, 2.24) is 25.2 Å². The zero-order valence-electron chi connectivity index (χ0n) is 20.2. The van der Waals surface area contributed by atoms with Gasteiger partial charge in [0.25, 0.3) is 5.91 Å². The quantitative estimate of drug-likeness (QED) is 0.290. The first-order valence-electron chi connectivity index (χ1n) is 12.3. The first-order chi connectivity index (χ1) is 18.1. The molecular formula is C28H27Cl2N5O2. The Morgan fingerprint density at radius 3 is 2.73 bits per heavy atom. The molecule has 5 rings (SSSR count). The summed E-state index contributed by atoms with van der Waals surface area (Å²) in [5.74, 6) is 0.396. The number of rotatable bonds is 9. The van der Waals surface area contributed by atoms with Crippen LogP contribution in [0.3, 0.4) is 0 Å². The highest BCUT2D eigenvalue weighted by Gasteiger charge is 2.27. The minimum absolute atomic E-state index is 0.222. The number of halogens is 2. The highest BCUT2D eigenvalue weighted by atomic mass is 35.5. The lowest BCUT2D eigenvalue weighted by Gasteiger charge is -2.35. The maximum absolute atomic E-state index is 12.7. The summed E-state index contributed by atoms with van der Waals surface area (Å²) in [7, 11) is 0. The van der Waals surface area contributed by atoms with Gasteiger partial charge in [0.15, 0.2) is 5.89 Å². The van der Waals surface area contributed by atoms with Gasteiger partial charge < -0.3 is 9.73 Å². The molecule has 1 N–H and O–H groups in total. The van der Waals surface area contributed by atoms with Crippen LogP contribution in [0.2, 0.25) is 10.0 Å². The normalized spacial score (nSPS) is 14.9. The molecule has 0 radical (unpaired) electrons. The second kappa shape index (κ2) is 11.9. The van der Waals surface area contributed by atoms with Gasteiger partial charge in [-0.15, -0.1) is 0 Å². The Balaban J connectivity index is 1.32. The molecule has 1 aromatic carbocycles. The summed E-state index contributed by atoms with van der Waals surface area (Å²) in [6, 6.07) is 12.7. The Labute approximate surface area is 225 Å². The van der Waals surface area contributed by atoms with Crippen molar-refractivity contribution in [2.24, 2.45) is 0 Å². The van der Waals surface area contributed by atoms with Crippen LogP contribution in [0.15, 0.2) is 71.9 Å². The third kappa shape index (κ3) is 6.18. The van der Waals surface area contributed by atoms with Gasteiger partial charge in [-0.2, -0.15) is 0 Å². The SMILES string of the molecule is O=C(NCc1cccc(CN(CCc2ncco2)C2CCCc3cccnc32)c1)c1c(Cl)cncc1Cl. The number of hydrogen-bond donors (Lipinski definition) is 1. The molecule has 0 bridgehead atoms. The van der Waals surface area contributed by atoms with Crippen LogP contribution >= 0.6 is 23.2 Å². The number of amides is 1. The lowest BCUT2D eigenvalue weighted by Crippen LogP contribution is -2.33. The van der Waals surface area contributed by atoms with E-state index in [0.717, 1.165) is 61.5 Å². The summed E-state index contributed by atoms with van der Waals surface area (Å²) in [4.78, 5) is 28.1. The number of carbonyl (C=O) groups excluding carboxylic acids is 1. The monoisotopic (exact) mass is 535 g/mol. The van der Waals surface area contributed by atoms with Gasteiger partial charge in [-0.3, -0.25) is 19.7 Å². The number of nitrogens with zero attached hydrogens (tertiary/aromatic N) is 4. The Bertz CT molecular complexity index is 1340. The van der Waals surface area contributed by atoms with Crippen LogP contribution in [0.25, 0.3) is 0 Å². The fourth-order valence-electron chi connectivity index (χ4n) is 4.87. The van der Waals surface area contributed by atoms with E-state index in [1.165, 1.54) is 18.0 Å². The van der Waals surface area contributed by atoms with E-state index in [9.17, 15) is 4.79 Å². The van der Waals surface area contributed by atoms with Crippen molar-refractivity contribution in [2.45, 2.75) is 44.8 Å². The molecule has 1 amide bonds. The molecule has 1 atom stereocenters. The van der Waals surface area contributed by atoms with Gasteiger partial charge in [0, 0.05) is 44.6 Å². The Hall–Kier alpha value is -3.26. The van der Waals surface area contributed by atoms with Gasteiger partial charge in [-0.25, -0.2) is 4.98 Å². The van der Waals surface area contributed by atoms with Crippen molar-refractivity contribution in [1.29, 1.82) is 0 Å². The number of aryl methyl sites for hydroxylation is 1. The van der Waals surface area contributed by atoms with Crippen LogP contribution in [0, 0.1) is 0 Å². The number of oxazole rings is 1. The number of fused-ring (bicyclic) bond motifs is 1. The van der Waals surface area contributed by atoms with Crippen LogP contribution in [0.5, 0.6) is 0 Å². The van der Waals surface area contributed by atoms with E-state index >= 15 is 0 Å². The molecule has 1 aliphatic carbocycles. The maximum Gasteiger partial charge on any atom is 0.254 e. The maximum atomic E-state index is 12.7. The highest BCUT2D eigenvalue weighted by Crippen LogP contribution is 2.34. The van der Waals surface area contributed by atoms with E-state index < -0.39 is 0 Å². The third-order valence-electron chi connectivity index (χ3n) is 6.61. The van der Waals surface area contributed by atoms with Crippen molar-refractivity contribution in [3.63, 3.8) is 0 Å². The molecular weight excluding hydrogens is 509 g/mol. The molecule has 1 unspecified atom stereocenters. The summed E-state index contributed by atoms with van der Waals surface area (Å²) in [6.45, 7) is 1.89. The van der Waals surface area contributed by atoms with E-state index in [0.29, 0.717) is 6.54 Å². The molecule has 1 aliphatic rings. The van der Waals surface area contributed by atoms with E-state index in [-0.39, 0.29) is 27.6 Å². The molecule has 3 heterocycles. The highest BCUT2D eigenvalue weighted by molar-refractivity contribution is 6.39. The fraction of sp³-hybridized carbons (Fsp3) is 0.286. The number of carbonyl (C=O) groups is 1. The molecule has 7 nitrogen and oxygen atoms in total. The van der Waals surface area contributed by atoms with Gasteiger partial charge in [0.1, 0.15) is 6.26 Å². The van der Waals surface area contributed by atoms with E-state index in [1.54, 1.807) is 12.5 Å². The molecule has 0 saturated carbocycles. The second-order valence-electron chi connectivity index (χ2n) is 9.08. The van der Waals surface area contributed by atoms with Crippen LogP contribution in [-0.2, 0) is 25.9 Å². The minimum atomic E-state index is -0.333. The first-order valence-corrected chi connectivity index (χ1v) is 13.1. The van der Waals surface area contributed by atoms with E-state index in [2.05, 4.69) is 38.4 Å². The average Bonchev–Trinajstić information content (AvgIpc) is 3.43. The van der Waals surface area contributed by atoms with Crippen LogP contribution in [-0.4, -0.2) is 32.3 Å². The second-order valence-corrected chi connectivity index (χ2v) is 9.90. The molecule has 37 heavy (non-hydrogen) atoms.